The second-order valence-electron chi connectivity index (χ2n) is 6.20. The standard InChI is InChI=1S/C21H16ClN4S/c1-27-21-19(20-23-16-11-10-14(22)13-17(16)24-20)25-12-6-5-9-18(25)26(21)15-7-3-2-4-8-15/h2-13H,1H3,(H,23,24)/q+1. The number of hydrogen-bond donors (Lipinski definition) is 1. The molecule has 0 fully saturated rings. The molecule has 4 nitrogen and oxygen atoms in total. The highest BCUT2D eigenvalue weighted by Crippen LogP contribution is 2.32. The highest BCUT2D eigenvalue weighted by atomic mass is 35.5. The van der Waals surface area contributed by atoms with Gasteiger partial charge in [-0.2, -0.15) is 8.97 Å². The van der Waals surface area contributed by atoms with E-state index in [4.69, 9.17) is 16.6 Å². The van der Waals surface area contributed by atoms with E-state index in [1.807, 2.05) is 30.3 Å². The van der Waals surface area contributed by atoms with Crippen molar-refractivity contribution in [2.75, 3.05) is 6.26 Å². The molecule has 6 heteroatoms. The monoisotopic (exact) mass is 391 g/mol. The van der Waals surface area contributed by atoms with Gasteiger partial charge in [0.05, 0.1) is 17.2 Å². The number of aromatic nitrogens is 4. The summed E-state index contributed by atoms with van der Waals surface area (Å²) in [5, 5.41) is 1.82. The van der Waals surface area contributed by atoms with Crippen LogP contribution in [0.1, 0.15) is 0 Å². The van der Waals surface area contributed by atoms with Crippen LogP contribution in [0.15, 0.2) is 78.0 Å². The molecule has 132 valence electrons. The second-order valence-corrected chi connectivity index (χ2v) is 7.44. The molecular weight excluding hydrogens is 376 g/mol. The predicted molar refractivity (Wildman–Crippen MR) is 111 cm³/mol. The molecule has 0 unspecified atom stereocenters. The van der Waals surface area contributed by atoms with E-state index >= 15 is 0 Å². The minimum Gasteiger partial charge on any atom is -0.335 e. The van der Waals surface area contributed by atoms with Crippen molar-refractivity contribution in [1.29, 1.82) is 0 Å². The van der Waals surface area contributed by atoms with Gasteiger partial charge >= 0.3 is 0 Å². The van der Waals surface area contributed by atoms with Crippen molar-refractivity contribution in [1.82, 2.24) is 14.5 Å². The molecular formula is C21H16ClN4S+. The molecule has 0 aliphatic carbocycles. The van der Waals surface area contributed by atoms with Gasteiger partial charge in [-0.3, -0.25) is 0 Å². The number of hydrogen-bond acceptors (Lipinski definition) is 2. The molecule has 0 radical (unpaired) electrons. The molecule has 0 spiro atoms. The second kappa shape index (κ2) is 6.44. The van der Waals surface area contributed by atoms with E-state index in [0.29, 0.717) is 5.02 Å². The summed E-state index contributed by atoms with van der Waals surface area (Å²) in [5.74, 6) is 0.826. The molecule has 1 N–H and O–H groups in total. The predicted octanol–water partition coefficient (Wildman–Crippen LogP) is 5.13. The van der Waals surface area contributed by atoms with Gasteiger partial charge < -0.3 is 4.98 Å². The zero-order valence-electron chi connectivity index (χ0n) is 14.6. The van der Waals surface area contributed by atoms with Crippen molar-refractivity contribution in [2.45, 2.75) is 5.03 Å². The number of aromatic amines is 1. The van der Waals surface area contributed by atoms with E-state index in [1.165, 1.54) is 0 Å². The van der Waals surface area contributed by atoms with Gasteiger partial charge in [-0.05, 0) is 42.7 Å². The van der Waals surface area contributed by atoms with Gasteiger partial charge in [0.25, 0.3) is 5.65 Å². The van der Waals surface area contributed by atoms with Crippen molar-refractivity contribution >= 4 is 40.0 Å². The molecule has 0 amide bonds. The van der Waals surface area contributed by atoms with Crippen molar-refractivity contribution in [2.24, 2.45) is 0 Å². The average molecular weight is 392 g/mol. The molecule has 2 aromatic carbocycles. The van der Waals surface area contributed by atoms with Gasteiger partial charge in [0, 0.05) is 11.1 Å². The highest BCUT2D eigenvalue weighted by Gasteiger charge is 2.29. The fourth-order valence-corrected chi connectivity index (χ4v) is 4.38. The molecule has 0 bridgehead atoms. The molecule has 0 atom stereocenters. The van der Waals surface area contributed by atoms with Crippen molar-refractivity contribution in [3.63, 3.8) is 0 Å². The first-order valence-electron chi connectivity index (χ1n) is 8.56. The lowest BCUT2D eigenvalue weighted by molar-refractivity contribution is -0.499. The average Bonchev–Trinajstić information content (AvgIpc) is 3.26. The van der Waals surface area contributed by atoms with Crippen LogP contribution in [-0.2, 0) is 0 Å². The largest absolute Gasteiger partial charge is 0.335 e. The zero-order chi connectivity index (χ0) is 18.4. The van der Waals surface area contributed by atoms with Crippen LogP contribution in [0.5, 0.6) is 0 Å². The Labute approximate surface area is 165 Å². The summed E-state index contributed by atoms with van der Waals surface area (Å²) < 4.78 is 4.44. The Hall–Kier alpha value is -2.76. The maximum Gasteiger partial charge on any atom is 0.292 e. The van der Waals surface area contributed by atoms with Crippen LogP contribution in [-0.4, -0.2) is 20.8 Å². The zero-order valence-corrected chi connectivity index (χ0v) is 16.1. The van der Waals surface area contributed by atoms with Gasteiger partial charge in [0.15, 0.2) is 5.82 Å². The molecule has 5 aromatic rings. The van der Waals surface area contributed by atoms with Gasteiger partial charge in [-0.25, -0.2) is 4.98 Å². The molecule has 3 aromatic heterocycles. The highest BCUT2D eigenvalue weighted by molar-refractivity contribution is 7.98. The van der Waals surface area contributed by atoms with Gasteiger partial charge in [-0.1, -0.05) is 47.6 Å². The summed E-state index contributed by atoms with van der Waals surface area (Å²) in [4.78, 5) is 8.27. The summed E-state index contributed by atoms with van der Waals surface area (Å²) in [6.45, 7) is 0. The minimum absolute atomic E-state index is 0.696. The first-order chi connectivity index (χ1) is 13.3. The Kier molecular flexibility index (Phi) is 3.92. The number of halogens is 1. The van der Waals surface area contributed by atoms with Crippen LogP contribution < -0.4 is 4.40 Å². The third-order valence-electron chi connectivity index (χ3n) is 4.59. The van der Waals surface area contributed by atoms with E-state index in [0.717, 1.165) is 38.9 Å². The minimum atomic E-state index is 0.696. The summed E-state index contributed by atoms with van der Waals surface area (Å²) in [5.41, 5.74) is 5.08. The summed E-state index contributed by atoms with van der Waals surface area (Å²) >= 11 is 7.86. The number of fused-ring (bicyclic) bond motifs is 2. The summed E-state index contributed by atoms with van der Waals surface area (Å²) in [6.07, 6.45) is 4.17. The Morgan fingerprint density at radius 2 is 1.85 bits per heavy atom. The topological polar surface area (TPSA) is 37.7 Å². The lowest BCUT2D eigenvalue weighted by Gasteiger charge is -2.00. The Balaban J connectivity index is 1.86. The van der Waals surface area contributed by atoms with Gasteiger partial charge in [0.1, 0.15) is 5.69 Å². The van der Waals surface area contributed by atoms with Crippen LogP contribution in [0.25, 0.3) is 33.9 Å². The molecule has 3 heterocycles. The quantitative estimate of drug-likeness (QED) is 0.342. The SMILES string of the molecule is CSc1c(-c2nc3ccc(Cl)cc3[nH]2)[n+]2ccccc2n1-c1ccccc1. The van der Waals surface area contributed by atoms with Gasteiger partial charge in [-0.15, -0.1) is 0 Å². The Morgan fingerprint density at radius 1 is 1.04 bits per heavy atom. The number of pyridine rings is 1. The Bertz CT molecular complexity index is 1270. The number of H-pyrrole nitrogens is 1. The van der Waals surface area contributed by atoms with Crippen LogP contribution >= 0.6 is 23.4 Å². The van der Waals surface area contributed by atoms with E-state index in [-0.39, 0.29) is 0 Å². The number of imidazole rings is 2. The van der Waals surface area contributed by atoms with Crippen LogP contribution in [0.2, 0.25) is 5.02 Å². The van der Waals surface area contributed by atoms with E-state index in [9.17, 15) is 0 Å². The van der Waals surface area contributed by atoms with E-state index in [1.54, 1.807) is 11.8 Å². The number of nitrogens with zero attached hydrogens (tertiary/aromatic N) is 3. The number of benzene rings is 2. The van der Waals surface area contributed by atoms with E-state index < -0.39 is 0 Å². The van der Waals surface area contributed by atoms with Crippen molar-refractivity contribution < 1.29 is 4.40 Å². The van der Waals surface area contributed by atoms with E-state index in [2.05, 4.69) is 62.8 Å². The van der Waals surface area contributed by atoms with Crippen LogP contribution in [0.3, 0.4) is 0 Å². The number of nitrogens with one attached hydrogen (secondary N) is 1. The molecule has 0 saturated carbocycles. The molecule has 0 saturated heterocycles. The molecule has 0 aliphatic heterocycles. The maximum atomic E-state index is 6.15. The molecule has 27 heavy (non-hydrogen) atoms. The first-order valence-corrected chi connectivity index (χ1v) is 10.2. The smallest absolute Gasteiger partial charge is 0.292 e. The fourth-order valence-electron chi connectivity index (χ4n) is 3.44. The summed E-state index contributed by atoms with van der Waals surface area (Å²) in [7, 11) is 0. The lowest BCUT2D eigenvalue weighted by atomic mass is 10.3. The fraction of sp³-hybridized carbons (Fsp3) is 0.0476. The van der Waals surface area contributed by atoms with Crippen LogP contribution in [0, 0.1) is 0 Å². The summed E-state index contributed by atoms with van der Waals surface area (Å²) in [6, 6.07) is 22.3. The lowest BCUT2D eigenvalue weighted by Crippen LogP contribution is -2.22. The number of para-hydroxylation sites is 1. The third-order valence-corrected chi connectivity index (χ3v) is 5.59. The normalized spacial score (nSPS) is 11.5. The van der Waals surface area contributed by atoms with Crippen molar-refractivity contribution in [3.8, 4) is 17.2 Å². The Morgan fingerprint density at radius 3 is 2.67 bits per heavy atom. The number of rotatable bonds is 3. The molecule has 0 aliphatic rings. The molecule has 5 rings (SSSR count). The maximum absolute atomic E-state index is 6.15. The van der Waals surface area contributed by atoms with Gasteiger partial charge in [0.2, 0.25) is 10.7 Å². The van der Waals surface area contributed by atoms with Crippen LogP contribution in [0.4, 0.5) is 0 Å². The third kappa shape index (κ3) is 2.62. The first kappa shape index (κ1) is 16.4. The number of thioether (sulfide) groups is 1. The van der Waals surface area contributed by atoms with Crippen molar-refractivity contribution in [3.05, 3.63) is 77.9 Å².